The number of unbranched alkanes of at least 4 members (excludes halogenated alkanes) is 16. The molecule has 0 saturated carbocycles. The zero-order valence-corrected chi connectivity index (χ0v) is 32.0. The first-order valence-electron chi connectivity index (χ1n) is 20.4. The molecule has 1 heterocycles. The fourth-order valence-corrected chi connectivity index (χ4v) is 8.33. The molecule has 1 aliphatic heterocycles. The zero-order chi connectivity index (χ0) is 32.7. The quantitative estimate of drug-likeness (QED) is 0.0543. The van der Waals surface area contributed by atoms with E-state index in [9.17, 15) is 4.57 Å². The Morgan fingerprint density at radius 3 is 1.29 bits per heavy atom. The van der Waals surface area contributed by atoms with Crippen LogP contribution in [0.4, 0.5) is 0 Å². The molecule has 5 nitrogen and oxygen atoms in total. The maximum atomic E-state index is 14.3. The highest BCUT2D eigenvalue weighted by molar-refractivity contribution is 7.51. The second-order valence-electron chi connectivity index (χ2n) is 14.4. The number of rotatable bonds is 35. The minimum absolute atomic E-state index is 0.476. The van der Waals surface area contributed by atoms with Crippen molar-refractivity contribution in [3.8, 4) is 0 Å². The molecule has 1 N–H and O–H groups in total. The highest BCUT2D eigenvalue weighted by atomic mass is 31.2. The average molecular weight is 657 g/mol. The van der Waals surface area contributed by atoms with E-state index in [2.05, 4.69) is 37.7 Å². The summed E-state index contributed by atoms with van der Waals surface area (Å²) in [5.74, 6) is 0.952. The Labute approximate surface area is 283 Å². The Balaban J connectivity index is 2.77. The molecule has 270 valence electrons. The van der Waals surface area contributed by atoms with Gasteiger partial charge < -0.3 is 4.90 Å². The smallest absolute Gasteiger partial charge is 0.303 e. The molecule has 6 heteroatoms. The first kappa shape index (κ1) is 43.1. The summed E-state index contributed by atoms with van der Waals surface area (Å²) in [6.07, 6.45) is 34.5. The summed E-state index contributed by atoms with van der Waals surface area (Å²) in [7, 11) is -3.35. The Hall–Kier alpha value is 0.0700. The van der Waals surface area contributed by atoms with Crippen LogP contribution >= 0.6 is 7.75 Å². The van der Waals surface area contributed by atoms with Gasteiger partial charge in [-0.05, 0) is 76.4 Å². The fraction of sp³-hybridized carbons (Fsp3) is 1.00. The van der Waals surface area contributed by atoms with Gasteiger partial charge in [0.25, 0.3) is 0 Å². The predicted molar refractivity (Wildman–Crippen MR) is 198 cm³/mol. The number of hydrogen-bond acceptors (Lipinski definition) is 4. The summed E-state index contributed by atoms with van der Waals surface area (Å²) in [5, 5.41) is 3.35. The Morgan fingerprint density at radius 1 is 0.533 bits per heavy atom. The van der Waals surface area contributed by atoms with Crippen molar-refractivity contribution in [3.05, 3.63) is 0 Å². The monoisotopic (exact) mass is 657 g/mol. The van der Waals surface area contributed by atoms with Gasteiger partial charge in [0.15, 0.2) is 0 Å². The normalized spacial score (nSPS) is 16.7. The van der Waals surface area contributed by atoms with E-state index in [0.717, 1.165) is 13.0 Å². The van der Waals surface area contributed by atoms with Gasteiger partial charge in [0, 0.05) is 6.54 Å². The summed E-state index contributed by atoms with van der Waals surface area (Å²) < 4.78 is 27.1. The predicted octanol–water partition coefficient (Wildman–Crippen LogP) is 12.9. The van der Waals surface area contributed by atoms with Crippen molar-refractivity contribution in [2.75, 3.05) is 39.4 Å². The zero-order valence-electron chi connectivity index (χ0n) is 31.1. The number of nitrogens with one attached hydrogen (secondary N) is 1. The summed E-state index contributed by atoms with van der Waals surface area (Å²) in [4.78, 5) is 2.54. The van der Waals surface area contributed by atoms with Crippen LogP contribution in [0.2, 0.25) is 0 Å². The van der Waals surface area contributed by atoms with Crippen LogP contribution in [0, 0.1) is 11.8 Å². The highest BCUT2D eigenvalue weighted by Crippen LogP contribution is 2.45. The summed E-state index contributed by atoms with van der Waals surface area (Å²) >= 11 is 0. The molecular formula is C39H81N2O3P. The van der Waals surface area contributed by atoms with Crippen molar-refractivity contribution in [3.63, 3.8) is 0 Å². The molecule has 0 radical (unpaired) electrons. The molecule has 0 aromatic heterocycles. The van der Waals surface area contributed by atoms with Crippen LogP contribution in [0.3, 0.4) is 0 Å². The van der Waals surface area contributed by atoms with Crippen molar-refractivity contribution in [1.82, 2.24) is 9.99 Å². The number of nitrogens with zero attached hydrogens (tertiary/aromatic N) is 1. The lowest BCUT2D eigenvalue weighted by atomic mass is 9.95. The first-order chi connectivity index (χ1) is 22.1. The van der Waals surface area contributed by atoms with Crippen molar-refractivity contribution in [2.24, 2.45) is 11.8 Å². The lowest BCUT2D eigenvalue weighted by Gasteiger charge is -2.26. The van der Waals surface area contributed by atoms with E-state index in [0.29, 0.717) is 31.6 Å². The van der Waals surface area contributed by atoms with Crippen LogP contribution < -0.4 is 5.09 Å². The van der Waals surface area contributed by atoms with Gasteiger partial charge in [-0.2, -0.15) is 0 Å². The van der Waals surface area contributed by atoms with Crippen LogP contribution in [0.25, 0.3) is 0 Å². The first-order valence-corrected chi connectivity index (χ1v) is 22.0. The molecule has 1 fully saturated rings. The molecule has 2 unspecified atom stereocenters. The van der Waals surface area contributed by atoms with Gasteiger partial charge in [-0.3, -0.25) is 9.05 Å². The van der Waals surface area contributed by atoms with Gasteiger partial charge >= 0.3 is 7.75 Å². The molecular weight excluding hydrogens is 575 g/mol. The molecule has 45 heavy (non-hydrogen) atoms. The molecule has 0 bridgehead atoms. The number of hydrogen-bond donors (Lipinski definition) is 1. The second kappa shape index (κ2) is 31.3. The summed E-state index contributed by atoms with van der Waals surface area (Å²) in [5.41, 5.74) is 0. The van der Waals surface area contributed by atoms with Crippen molar-refractivity contribution in [1.29, 1.82) is 0 Å². The standard InChI is InChI=1S/C39H81N2O3P/c1-5-9-13-17-19-23-30-38(28-21-15-11-7-3)36-43-45(42,40-32-27-35-41-33-25-26-34-41)44-37-39(29-22-16-12-8-4)31-24-20-18-14-10-6-2/h38-39H,5-37H2,1-4H3,(H,40,42). The van der Waals surface area contributed by atoms with Crippen molar-refractivity contribution < 1.29 is 13.6 Å². The fourth-order valence-electron chi connectivity index (χ4n) is 6.83. The minimum Gasteiger partial charge on any atom is -0.303 e. The Morgan fingerprint density at radius 2 is 0.889 bits per heavy atom. The molecule has 0 spiro atoms. The molecule has 0 aliphatic carbocycles. The Kier molecular flexibility index (Phi) is 30.0. The van der Waals surface area contributed by atoms with Gasteiger partial charge in [0.05, 0.1) is 13.2 Å². The van der Waals surface area contributed by atoms with E-state index < -0.39 is 7.75 Å². The van der Waals surface area contributed by atoms with Gasteiger partial charge in [-0.1, -0.05) is 156 Å². The minimum atomic E-state index is -3.35. The summed E-state index contributed by atoms with van der Waals surface area (Å²) in [6.45, 7) is 14.5. The van der Waals surface area contributed by atoms with Crippen molar-refractivity contribution >= 4 is 7.75 Å². The van der Waals surface area contributed by atoms with Gasteiger partial charge in [-0.25, -0.2) is 9.65 Å². The van der Waals surface area contributed by atoms with Crippen LogP contribution in [0.5, 0.6) is 0 Å². The maximum absolute atomic E-state index is 14.3. The van der Waals surface area contributed by atoms with Gasteiger partial charge in [-0.15, -0.1) is 0 Å². The third-order valence-electron chi connectivity index (χ3n) is 9.98. The third kappa shape index (κ3) is 25.7. The van der Waals surface area contributed by atoms with Gasteiger partial charge in [0.2, 0.25) is 0 Å². The van der Waals surface area contributed by atoms with Crippen LogP contribution in [-0.4, -0.2) is 44.3 Å². The molecule has 1 saturated heterocycles. The summed E-state index contributed by atoms with van der Waals surface area (Å²) in [6, 6.07) is 0. The SMILES string of the molecule is CCCCCCCCC(CCCCCC)COP(=O)(NCCCN1CCCC1)OCC(CCCCCC)CCCCCCCC. The van der Waals surface area contributed by atoms with E-state index in [-0.39, 0.29) is 0 Å². The number of likely N-dealkylation sites (tertiary alicyclic amines) is 1. The topological polar surface area (TPSA) is 50.8 Å². The largest absolute Gasteiger partial charge is 0.405 e. The van der Waals surface area contributed by atoms with E-state index >= 15 is 0 Å². The molecule has 0 aromatic carbocycles. The molecule has 1 aliphatic rings. The highest BCUT2D eigenvalue weighted by Gasteiger charge is 2.28. The van der Waals surface area contributed by atoms with Crippen molar-refractivity contribution in [2.45, 2.75) is 201 Å². The van der Waals surface area contributed by atoms with Crippen LogP contribution in [0.15, 0.2) is 0 Å². The molecule has 1 rings (SSSR count). The Bertz CT molecular complexity index is 618. The molecule has 0 amide bonds. The van der Waals surface area contributed by atoms with Gasteiger partial charge in [0.1, 0.15) is 0 Å². The maximum Gasteiger partial charge on any atom is 0.405 e. The second-order valence-corrected chi connectivity index (χ2v) is 16.3. The van der Waals surface area contributed by atoms with Crippen LogP contribution in [0.1, 0.15) is 201 Å². The average Bonchev–Trinajstić information content (AvgIpc) is 3.57. The van der Waals surface area contributed by atoms with Crippen LogP contribution in [-0.2, 0) is 13.6 Å². The van der Waals surface area contributed by atoms with E-state index in [4.69, 9.17) is 9.05 Å². The lowest BCUT2D eigenvalue weighted by Crippen LogP contribution is -2.26. The molecule has 0 aromatic rings. The van der Waals surface area contributed by atoms with E-state index in [1.165, 1.54) is 180 Å². The van der Waals surface area contributed by atoms with E-state index in [1.54, 1.807) is 0 Å². The molecule has 2 atom stereocenters. The third-order valence-corrected chi connectivity index (χ3v) is 11.6. The van der Waals surface area contributed by atoms with E-state index in [1.807, 2.05) is 0 Å². The lowest BCUT2D eigenvalue weighted by molar-refractivity contribution is 0.140.